The second-order valence-corrected chi connectivity index (χ2v) is 2.57. The van der Waals surface area contributed by atoms with Crippen LogP contribution in [0.15, 0.2) is 6.20 Å². The highest BCUT2D eigenvalue weighted by molar-refractivity contribution is 5.17. The van der Waals surface area contributed by atoms with Crippen LogP contribution in [0, 0.1) is 0 Å². The first-order valence-electron chi connectivity index (χ1n) is 3.90. The summed E-state index contributed by atoms with van der Waals surface area (Å²) in [6, 6.07) is 0. The van der Waals surface area contributed by atoms with E-state index in [-0.39, 0.29) is 6.61 Å². The van der Waals surface area contributed by atoms with Gasteiger partial charge in [0.2, 0.25) is 0 Å². The van der Waals surface area contributed by atoms with Crippen molar-refractivity contribution in [2.45, 2.75) is 19.8 Å². The second-order valence-electron chi connectivity index (χ2n) is 2.57. The predicted octanol–water partition coefficient (Wildman–Crippen LogP) is 0.517. The van der Waals surface area contributed by atoms with Crippen LogP contribution in [0.3, 0.4) is 0 Å². The number of hydrogen-bond donors (Lipinski definition) is 1. The minimum Gasteiger partial charge on any atom is -0.396 e. The van der Waals surface area contributed by atoms with Crippen LogP contribution in [0.25, 0.3) is 0 Å². The van der Waals surface area contributed by atoms with E-state index in [1.54, 1.807) is 0 Å². The lowest BCUT2D eigenvalue weighted by Gasteiger charge is -2.01. The number of aryl methyl sites for hydroxylation is 2. The third-order valence-electron chi connectivity index (χ3n) is 1.88. The molecule has 0 atom stereocenters. The second kappa shape index (κ2) is 3.53. The molecule has 0 amide bonds. The molecule has 0 saturated heterocycles. The number of nitrogens with zero attached hydrogens (tertiary/aromatic N) is 2. The zero-order chi connectivity index (χ0) is 8.27. The number of aliphatic hydroxyl groups excluding tert-OH is 1. The Hall–Kier alpha value is -0.830. The lowest BCUT2D eigenvalue weighted by atomic mass is 10.1. The molecule has 3 heteroatoms. The van der Waals surface area contributed by atoms with E-state index in [9.17, 15) is 0 Å². The molecule has 0 saturated carbocycles. The van der Waals surface area contributed by atoms with Crippen molar-refractivity contribution in [1.29, 1.82) is 0 Å². The molecule has 0 bridgehead atoms. The van der Waals surface area contributed by atoms with Gasteiger partial charge >= 0.3 is 0 Å². The Balaban J connectivity index is 2.88. The maximum absolute atomic E-state index is 8.74. The fourth-order valence-electron chi connectivity index (χ4n) is 1.23. The van der Waals surface area contributed by atoms with E-state index in [1.807, 2.05) is 17.9 Å². The zero-order valence-corrected chi connectivity index (χ0v) is 7.04. The molecule has 1 aromatic rings. The van der Waals surface area contributed by atoms with Crippen LogP contribution < -0.4 is 0 Å². The summed E-state index contributed by atoms with van der Waals surface area (Å²) in [6.45, 7) is 2.30. The van der Waals surface area contributed by atoms with Crippen LogP contribution in [-0.4, -0.2) is 21.5 Å². The average Bonchev–Trinajstić information content (AvgIpc) is 2.34. The van der Waals surface area contributed by atoms with Gasteiger partial charge in [0.05, 0.1) is 6.20 Å². The predicted molar refractivity (Wildman–Crippen MR) is 43.4 cm³/mol. The van der Waals surface area contributed by atoms with E-state index in [0.717, 1.165) is 12.1 Å². The minimum absolute atomic E-state index is 0.201. The third-order valence-corrected chi connectivity index (χ3v) is 1.88. The van der Waals surface area contributed by atoms with Crippen molar-refractivity contribution in [2.24, 2.45) is 7.05 Å². The van der Waals surface area contributed by atoms with Crippen LogP contribution in [0.5, 0.6) is 0 Å². The third kappa shape index (κ3) is 1.60. The molecule has 1 rings (SSSR count). The highest BCUT2D eigenvalue weighted by Gasteiger charge is 2.04. The normalized spacial score (nSPS) is 10.5. The van der Waals surface area contributed by atoms with Gasteiger partial charge in [-0.05, 0) is 12.0 Å². The van der Waals surface area contributed by atoms with E-state index in [0.29, 0.717) is 6.42 Å². The van der Waals surface area contributed by atoms with Crippen molar-refractivity contribution in [3.63, 3.8) is 0 Å². The molecule has 1 N–H and O–H groups in total. The molecule has 11 heavy (non-hydrogen) atoms. The van der Waals surface area contributed by atoms with E-state index in [1.165, 1.54) is 5.56 Å². The van der Waals surface area contributed by atoms with Gasteiger partial charge in [0.15, 0.2) is 0 Å². The van der Waals surface area contributed by atoms with E-state index in [2.05, 4.69) is 12.0 Å². The number of hydrogen-bond acceptors (Lipinski definition) is 2. The van der Waals surface area contributed by atoms with Gasteiger partial charge in [-0.25, -0.2) is 0 Å². The first-order valence-corrected chi connectivity index (χ1v) is 3.90. The average molecular weight is 154 g/mol. The van der Waals surface area contributed by atoms with Crippen LogP contribution in [0.4, 0.5) is 0 Å². The topological polar surface area (TPSA) is 38.0 Å². The van der Waals surface area contributed by atoms with Gasteiger partial charge in [0.25, 0.3) is 0 Å². The molecule has 0 aliphatic carbocycles. The Morgan fingerprint density at radius 2 is 2.36 bits per heavy atom. The highest BCUT2D eigenvalue weighted by Crippen LogP contribution is 2.07. The summed E-state index contributed by atoms with van der Waals surface area (Å²) in [5.41, 5.74) is 2.39. The Morgan fingerprint density at radius 1 is 1.64 bits per heavy atom. The van der Waals surface area contributed by atoms with Gasteiger partial charge in [-0.3, -0.25) is 4.68 Å². The van der Waals surface area contributed by atoms with Crippen LogP contribution >= 0.6 is 0 Å². The SMILES string of the molecule is CCc1cnn(C)c1CCO. The van der Waals surface area contributed by atoms with Crippen LogP contribution in [0.1, 0.15) is 18.2 Å². The fraction of sp³-hybridized carbons (Fsp3) is 0.625. The molecular weight excluding hydrogens is 140 g/mol. The molecule has 0 aliphatic heterocycles. The van der Waals surface area contributed by atoms with Crippen molar-refractivity contribution in [3.8, 4) is 0 Å². The standard InChI is InChI=1S/C8H14N2O/c1-3-7-6-9-10(2)8(7)4-5-11/h6,11H,3-5H2,1-2H3. The Morgan fingerprint density at radius 3 is 2.91 bits per heavy atom. The molecule has 3 nitrogen and oxygen atoms in total. The van der Waals surface area contributed by atoms with Gasteiger partial charge in [-0.1, -0.05) is 6.92 Å². The molecule has 0 aromatic carbocycles. The fourth-order valence-corrected chi connectivity index (χ4v) is 1.23. The summed E-state index contributed by atoms with van der Waals surface area (Å²) < 4.78 is 1.83. The van der Waals surface area contributed by atoms with Crippen molar-refractivity contribution in [3.05, 3.63) is 17.5 Å². The quantitative estimate of drug-likeness (QED) is 0.689. The highest BCUT2D eigenvalue weighted by atomic mass is 16.3. The van der Waals surface area contributed by atoms with E-state index < -0.39 is 0 Å². The first kappa shape index (κ1) is 8.27. The molecule has 0 radical (unpaired) electrons. The van der Waals surface area contributed by atoms with Crippen molar-refractivity contribution in [1.82, 2.24) is 9.78 Å². The molecule has 0 unspecified atom stereocenters. The monoisotopic (exact) mass is 154 g/mol. The number of aromatic nitrogens is 2. The Labute approximate surface area is 66.7 Å². The van der Waals surface area contributed by atoms with E-state index in [4.69, 9.17) is 5.11 Å². The lowest BCUT2D eigenvalue weighted by molar-refractivity contribution is 0.296. The Bertz CT molecular complexity index is 230. The van der Waals surface area contributed by atoms with Gasteiger partial charge in [-0.15, -0.1) is 0 Å². The maximum Gasteiger partial charge on any atom is 0.0524 e. The van der Waals surface area contributed by atoms with Crippen molar-refractivity contribution >= 4 is 0 Å². The number of aliphatic hydroxyl groups is 1. The summed E-state index contributed by atoms with van der Waals surface area (Å²) in [5.74, 6) is 0. The van der Waals surface area contributed by atoms with Crippen LogP contribution in [0.2, 0.25) is 0 Å². The summed E-state index contributed by atoms with van der Waals surface area (Å²) in [7, 11) is 1.91. The summed E-state index contributed by atoms with van der Waals surface area (Å²) >= 11 is 0. The molecule has 62 valence electrons. The largest absolute Gasteiger partial charge is 0.396 e. The van der Waals surface area contributed by atoms with Crippen LogP contribution in [-0.2, 0) is 19.9 Å². The molecule has 0 aliphatic rings. The maximum atomic E-state index is 8.74. The van der Waals surface area contributed by atoms with Gasteiger partial charge in [-0.2, -0.15) is 5.10 Å². The molecule has 0 fully saturated rings. The molecular formula is C8H14N2O. The van der Waals surface area contributed by atoms with E-state index >= 15 is 0 Å². The smallest absolute Gasteiger partial charge is 0.0524 e. The van der Waals surface area contributed by atoms with Crippen molar-refractivity contribution < 1.29 is 5.11 Å². The molecule has 1 aromatic heterocycles. The summed E-state index contributed by atoms with van der Waals surface area (Å²) in [5, 5.41) is 12.9. The summed E-state index contributed by atoms with van der Waals surface area (Å²) in [6.07, 6.45) is 3.56. The van der Waals surface area contributed by atoms with Gasteiger partial charge in [0.1, 0.15) is 0 Å². The molecule has 1 heterocycles. The number of rotatable bonds is 3. The molecule has 0 spiro atoms. The zero-order valence-electron chi connectivity index (χ0n) is 7.04. The van der Waals surface area contributed by atoms with Gasteiger partial charge in [0, 0.05) is 25.8 Å². The van der Waals surface area contributed by atoms with Crippen molar-refractivity contribution in [2.75, 3.05) is 6.61 Å². The first-order chi connectivity index (χ1) is 5.29. The minimum atomic E-state index is 0.201. The lowest BCUT2D eigenvalue weighted by Crippen LogP contribution is -2.02. The van der Waals surface area contributed by atoms with Gasteiger partial charge < -0.3 is 5.11 Å². The Kier molecular flexibility index (Phi) is 2.65. The summed E-state index contributed by atoms with van der Waals surface area (Å²) in [4.78, 5) is 0.